The first-order valence-corrected chi connectivity index (χ1v) is 9.72. The van der Waals surface area contributed by atoms with Crippen molar-refractivity contribution in [3.63, 3.8) is 0 Å². The van der Waals surface area contributed by atoms with E-state index in [4.69, 9.17) is 0 Å². The second-order valence-electron chi connectivity index (χ2n) is 6.24. The van der Waals surface area contributed by atoms with Crippen molar-refractivity contribution in [1.82, 2.24) is 19.9 Å². The first kappa shape index (κ1) is 15.3. The Morgan fingerprint density at radius 2 is 2.12 bits per heavy atom. The normalized spacial score (nSPS) is 15.5. The summed E-state index contributed by atoms with van der Waals surface area (Å²) in [4.78, 5) is 14.0. The topological polar surface area (TPSA) is 79.0 Å². The number of para-hydroxylation sites is 1. The molecule has 1 aliphatic rings. The van der Waals surface area contributed by atoms with Crippen molar-refractivity contribution in [2.24, 2.45) is 0 Å². The van der Waals surface area contributed by atoms with Gasteiger partial charge in [-0.3, -0.25) is 4.90 Å². The van der Waals surface area contributed by atoms with E-state index in [1.54, 1.807) is 6.20 Å². The lowest BCUT2D eigenvalue weighted by molar-refractivity contribution is 0.240. The van der Waals surface area contributed by atoms with Crippen LogP contribution < -0.4 is 0 Å². The molecule has 0 amide bonds. The summed E-state index contributed by atoms with van der Waals surface area (Å²) >= 11 is 0. The summed E-state index contributed by atoms with van der Waals surface area (Å²) in [6.07, 6.45) is 3.52. The summed E-state index contributed by atoms with van der Waals surface area (Å²) in [5, 5.41) is 1.14. The van der Waals surface area contributed by atoms with Crippen LogP contribution in [0.25, 0.3) is 10.9 Å². The van der Waals surface area contributed by atoms with E-state index in [2.05, 4.69) is 38.1 Å². The summed E-state index contributed by atoms with van der Waals surface area (Å²) in [6.45, 7) is 2.40. The van der Waals surface area contributed by atoms with Crippen molar-refractivity contribution in [3.8, 4) is 0 Å². The van der Waals surface area contributed by atoms with E-state index >= 15 is 0 Å². The average Bonchev–Trinajstić information content (AvgIpc) is 2.95. The quantitative estimate of drug-likeness (QED) is 0.736. The van der Waals surface area contributed by atoms with E-state index < -0.39 is 9.84 Å². The number of fused-ring (bicyclic) bond motifs is 2. The fraction of sp³-hybridized carbons (Fsp3) is 0.294. The van der Waals surface area contributed by atoms with Crippen molar-refractivity contribution in [3.05, 3.63) is 53.5 Å². The summed E-state index contributed by atoms with van der Waals surface area (Å²) in [5.41, 5.74) is 4.17. The SMILES string of the molecule is CS(=O)(=O)c1ncc2c(n1)CCN(Cc1cc3ccccc3[nH]1)C2. The molecule has 0 saturated carbocycles. The summed E-state index contributed by atoms with van der Waals surface area (Å²) in [7, 11) is -3.35. The lowest BCUT2D eigenvalue weighted by Crippen LogP contribution is -2.31. The minimum absolute atomic E-state index is 0.0784. The number of hydrogen-bond acceptors (Lipinski definition) is 5. The lowest BCUT2D eigenvalue weighted by Gasteiger charge is -2.27. The molecule has 7 heteroatoms. The van der Waals surface area contributed by atoms with Crippen LogP contribution in [-0.2, 0) is 29.3 Å². The van der Waals surface area contributed by atoms with E-state index in [9.17, 15) is 8.42 Å². The number of aromatic amines is 1. The van der Waals surface area contributed by atoms with Gasteiger partial charge in [0.05, 0.1) is 5.69 Å². The number of benzene rings is 1. The minimum atomic E-state index is -3.35. The van der Waals surface area contributed by atoms with Gasteiger partial charge in [0.15, 0.2) is 0 Å². The summed E-state index contributed by atoms with van der Waals surface area (Å²) in [5.74, 6) is 0. The van der Waals surface area contributed by atoms with Gasteiger partial charge in [-0.1, -0.05) is 18.2 Å². The first-order chi connectivity index (χ1) is 11.5. The van der Waals surface area contributed by atoms with Crippen molar-refractivity contribution >= 4 is 20.7 Å². The van der Waals surface area contributed by atoms with E-state index in [0.717, 1.165) is 49.1 Å². The maximum atomic E-state index is 11.6. The highest BCUT2D eigenvalue weighted by Gasteiger charge is 2.21. The molecular formula is C17H18N4O2S. The number of sulfone groups is 1. The Bertz CT molecular complexity index is 977. The maximum Gasteiger partial charge on any atom is 0.246 e. The molecule has 0 saturated heterocycles. The van der Waals surface area contributed by atoms with Crippen LogP contribution in [0.3, 0.4) is 0 Å². The third-order valence-electron chi connectivity index (χ3n) is 4.30. The molecule has 3 aromatic rings. The van der Waals surface area contributed by atoms with Gasteiger partial charge in [-0.05, 0) is 17.5 Å². The molecule has 4 rings (SSSR count). The van der Waals surface area contributed by atoms with Crippen LogP contribution in [0, 0.1) is 0 Å². The molecule has 124 valence electrons. The van der Waals surface area contributed by atoms with Gasteiger partial charge in [0.25, 0.3) is 0 Å². The van der Waals surface area contributed by atoms with Gasteiger partial charge in [0.2, 0.25) is 15.0 Å². The zero-order valence-corrected chi connectivity index (χ0v) is 14.2. The van der Waals surface area contributed by atoms with Crippen molar-refractivity contribution in [1.29, 1.82) is 0 Å². The van der Waals surface area contributed by atoms with Crippen LogP contribution in [0.5, 0.6) is 0 Å². The standard InChI is InChI=1S/C17H18N4O2S/c1-24(22,23)17-18-9-13-10-21(7-6-16(13)20-17)11-14-8-12-4-2-3-5-15(12)19-14/h2-5,8-9,19H,6-7,10-11H2,1H3. The summed E-state index contributed by atoms with van der Waals surface area (Å²) < 4.78 is 23.1. The molecule has 1 aliphatic heterocycles. The molecule has 0 aliphatic carbocycles. The highest BCUT2D eigenvalue weighted by atomic mass is 32.2. The maximum absolute atomic E-state index is 11.6. The van der Waals surface area contributed by atoms with Crippen LogP contribution in [0.4, 0.5) is 0 Å². The predicted molar refractivity (Wildman–Crippen MR) is 91.3 cm³/mol. The molecule has 0 atom stereocenters. The smallest absolute Gasteiger partial charge is 0.246 e. The molecule has 0 bridgehead atoms. The van der Waals surface area contributed by atoms with E-state index in [0.29, 0.717) is 0 Å². The van der Waals surface area contributed by atoms with Crippen LogP contribution in [0.1, 0.15) is 17.0 Å². The number of hydrogen-bond donors (Lipinski definition) is 1. The molecule has 0 radical (unpaired) electrons. The lowest BCUT2D eigenvalue weighted by atomic mass is 10.1. The van der Waals surface area contributed by atoms with Crippen molar-refractivity contribution in [2.45, 2.75) is 24.7 Å². The van der Waals surface area contributed by atoms with Gasteiger partial charge in [-0.25, -0.2) is 18.4 Å². The molecule has 0 unspecified atom stereocenters. The molecule has 6 nitrogen and oxygen atoms in total. The third kappa shape index (κ3) is 2.92. The van der Waals surface area contributed by atoms with Gasteiger partial charge in [0.1, 0.15) is 0 Å². The molecule has 24 heavy (non-hydrogen) atoms. The molecule has 1 N–H and O–H groups in total. The Balaban J connectivity index is 1.54. The second kappa shape index (κ2) is 5.68. The van der Waals surface area contributed by atoms with E-state index in [1.165, 1.54) is 11.1 Å². The zero-order valence-electron chi connectivity index (χ0n) is 13.4. The van der Waals surface area contributed by atoms with Gasteiger partial charge < -0.3 is 4.98 Å². The van der Waals surface area contributed by atoms with E-state index in [1.807, 2.05) is 12.1 Å². The molecule has 0 spiro atoms. The Kier molecular flexibility index (Phi) is 3.62. The molecule has 1 aromatic carbocycles. The average molecular weight is 342 g/mol. The van der Waals surface area contributed by atoms with Crippen LogP contribution in [0.2, 0.25) is 0 Å². The third-order valence-corrected chi connectivity index (χ3v) is 5.16. The fourth-order valence-corrected chi connectivity index (χ4v) is 3.65. The van der Waals surface area contributed by atoms with Crippen molar-refractivity contribution < 1.29 is 8.42 Å². The van der Waals surface area contributed by atoms with Gasteiger partial charge >= 0.3 is 0 Å². The molecule has 2 aromatic heterocycles. The molecule has 3 heterocycles. The number of rotatable bonds is 3. The van der Waals surface area contributed by atoms with Crippen LogP contribution in [0.15, 0.2) is 41.7 Å². The second-order valence-corrected chi connectivity index (χ2v) is 8.15. The Morgan fingerprint density at radius 3 is 2.92 bits per heavy atom. The van der Waals surface area contributed by atoms with Crippen LogP contribution >= 0.6 is 0 Å². The zero-order chi connectivity index (χ0) is 16.7. The van der Waals surface area contributed by atoms with Gasteiger partial charge in [-0.15, -0.1) is 0 Å². The predicted octanol–water partition coefficient (Wildman–Crippen LogP) is 1.92. The summed E-state index contributed by atoms with van der Waals surface area (Å²) in [6, 6.07) is 10.4. The number of aromatic nitrogens is 3. The molecule has 0 fully saturated rings. The largest absolute Gasteiger partial charge is 0.357 e. The molecular weight excluding hydrogens is 324 g/mol. The Morgan fingerprint density at radius 1 is 1.29 bits per heavy atom. The highest BCUT2D eigenvalue weighted by molar-refractivity contribution is 7.90. The highest BCUT2D eigenvalue weighted by Crippen LogP contribution is 2.21. The first-order valence-electron chi connectivity index (χ1n) is 7.83. The van der Waals surface area contributed by atoms with Gasteiger partial charge in [-0.2, -0.15) is 0 Å². The number of nitrogens with zero attached hydrogens (tertiary/aromatic N) is 3. The Labute approximate surface area is 140 Å². The minimum Gasteiger partial charge on any atom is -0.357 e. The Hall–Kier alpha value is -2.25. The number of nitrogens with one attached hydrogen (secondary N) is 1. The number of H-pyrrole nitrogens is 1. The fourth-order valence-electron chi connectivity index (χ4n) is 3.13. The van der Waals surface area contributed by atoms with Crippen LogP contribution in [-0.4, -0.2) is 41.1 Å². The van der Waals surface area contributed by atoms with Gasteiger partial charge in [0, 0.05) is 55.3 Å². The van der Waals surface area contributed by atoms with E-state index in [-0.39, 0.29) is 5.16 Å². The monoisotopic (exact) mass is 342 g/mol. The van der Waals surface area contributed by atoms with Crippen molar-refractivity contribution in [2.75, 3.05) is 12.8 Å².